The highest BCUT2D eigenvalue weighted by Gasteiger charge is 2.22. The highest BCUT2D eigenvalue weighted by atomic mass is 32.2. The molecule has 0 bridgehead atoms. The van der Waals surface area contributed by atoms with Crippen molar-refractivity contribution in [3.8, 4) is 5.69 Å². The van der Waals surface area contributed by atoms with Gasteiger partial charge in [-0.25, -0.2) is 18.1 Å². The summed E-state index contributed by atoms with van der Waals surface area (Å²) in [6.45, 7) is 3.55. The molecule has 9 nitrogen and oxygen atoms in total. The lowest BCUT2D eigenvalue weighted by Gasteiger charge is -2.08. The fourth-order valence-electron chi connectivity index (χ4n) is 3.39. The van der Waals surface area contributed by atoms with Crippen LogP contribution in [0.25, 0.3) is 5.69 Å². The third-order valence-corrected chi connectivity index (χ3v) is 6.74. The summed E-state index contributed by atoms with van der Waals surface area (Å²) < 4.78 is 31.4. The Labute approximate surface area is 196 Å². The second-order valence-electron chi connectivity index (χ2n) is 7.74. The molecule has 34 heavy (non-hydrogen) atoms. The molecule has 4 aromatic rings. The van der Waals surface area contributed by atoms with Crippen LogP contribution < -0.4 is 15.6 Å². The number of aromatic nitrogens is 3. The van der Waals surface area contributed by atoms with Gasteiger partial charge in [0, 0.05) is 18.8 Å². The molecule has 0 aliphatic heterocycles. The van der Waals surface area contributed by atoms with Gasteiger partial charge in [-0.15, -0.1) is 0 Å². The maximum Gasteiger partial charge on any atom is 0.296 e. The summed E-state index contributed by atoms with van der Waals surface area (Å²) in [5.41, 5.74) is 1.77. The van der Waals surface area contributed by atoms with E-state index < -0.39 is 21.5 Å². The number of nitrogens with one attached hydrogen (secondary N) is 2. The van der Waals surface area contributed by atoms with Crippen LogP contribution in [0, 0.1) is 13.8 Å². The van der Waals surface area contributed by atoms with Gasteiger partial charge in [0.05, 0.1) is 16.3 Å². The molecule has 0 fully saturated rings. The van der Waals surface area contributed by atoms with Crippen molar-refractivity contribution in [2.75, 3.05) is 10.0 Å². The monoisotopic (exact) mass is 477 g/mol. The van der Waals surface area contributed by atoms with E-state index in [1.165, 1.54) is 28.9 Å². The normalized spacial score (nSPS) is 11.3. The summed E-state index contributed by atoms with van der Waals surface area (Å²) >= 11 is 0. The average molecular weight is 478 g/mol. The molecule has 174 valence electrons. The molecule has 2 heterocycles. The summed E-state index contributed by atoms with van der Waals surface area (Å²) in [4.78, 5) is 29.5. The molecule has 0 aliphatic carbocycles. The van der Waals surface area contributed by atoms with Crippen molar-refractivity contribution in [1.82, 2.24) is 14.3 Å². The standard InChI is InChI=1S/C24H23N5O4S/c1-16-9-14-21(25-15-16)26-23(30)18-10-12-20(13-11-18)34(32,33)27-22-17(2)28(3)29(24(22)31)19-7-5-4-6-8-19/h4-15,27H,1-3H3,(H,25,26,30). The number of carbonyl (C=O) groups excluding carboxylic acids is 1. The van der Waals surface area contributed by atoms with E-state index in [4.69, 9.17) is 0 Å². The minimum atomic E-state index is -4.07. The van der Waals surface area contributed by atoms with Gasteiger partial charge in [0.15, 0.2) is 0 Å². The molecule has 1 amide bonds. The Kier molecular flexibility index (Phi) is 6.08. The maximum absolute atomic E-state index is 13.0. The first-order chi connectivity index (χ1) is 16.2. The van der Waals surface area contributed by atoms with Crippen molar-refractivity contribution in [3.05, 3.63) is 100 Å². The predicted octanol–water partition coefficient (Wildman–Crippen LogP) is 3.24. The van der Waals surface area contributed by atoms with Crippen LogP contribution in [0.4, 0.5) is 11.5 Å². The lowest BCUT2D eigenvalue weighted by atomic mass is 10.2. The number of pyridine rings is 1. The van der Waals surface area contributed by atoms with Gasteiger partial charge in [-0.2, -0.15) is 0 Å². The summed E-state index contributed by atoms with van der Waals surface area (Å²) in [5, 5.41) is 2.66. The summed E-state index contributed by atoms with van der Waals surface area (Å²) in [6.07, 6.45) is 1.63. The van der Waals surface area contributed by atoms with Crippen LogP contribution in [0.1, 0.15) is 21.6 Å². The topological polar surface area (TPSA) is 115 Å². The van der Waals surface area contributed by atoms with Gasteiger partial charge in [0.1, 0.15) is 11.5 Å². The number of aryl methyl sites for hydroxylation is 1. The number of anilines is 2. The van der Waals surface area contributed by atoms with Gasteiger partial charge in [-0.1, -0.05) is 24.3 Å². The van der Waals surface area contributed by atoms with E-state index in [0.717, 1.165) is 5.56 Å². The first-order valence-electron chi connectivity index (χ1n) is 10.4. The van der Waals surface area contributed by atoms with Crippen LogP contribution in [0.3, 0.4) is 0 Å². The number of nitrogens with zero attached hydrogens (tertiary/aromatic N) is 3. The lowest BCUT2D eigenvalue weighted by Crippen LogP contribution is -2.23. The molecule has 0 radical (unpaired) electrons. The van der Waals surface area contributed by atoms with Crippen molar-refractivity contribution in [3.63, 3.8) is 0 Å². The number of rotatable bonds is 6. The molecule has 2 aromatic carbocycles. The summed E-state index contributed by atoms with van der Waals surface area (Å²) in [7, 11) is -2.39. The van der Waals surface area contributed by atoms with Gasteiger partial charge < -0.3 is 5.32 Å². The van der Waals surface area contributed by atoms with E-state index in [1.54, 1.807) is 55.2 Å². The van der Waals surface area contributed by atoms with Gasteiger partial charge >= 0.3 is 0 Å². The third kappa shape index (κ3) is 4.48. The molecule has 0 saturated carbocycles. The molecule has 2 aromatic heterocycles. The quantitative estimate of drug-likeness (QED) is 0.442. The van der Waals surface area contributed by atoms with E-state index in [-0.39, 0.29) is 16.1 Å². The number of amides is 1. The Morgan fingerprint density at radius 2 is 1.62 bits per heavy atom. The van der Waals surface area contributed by atoms with Gasteiger partial charge in [-0.05, 0) is 61.9 Å². The van der Waals surface area contributed by atoms with Crippen LogP contribution in [-0.4, -0.2) is 28.7 Å². The smallest absolute Gasteiger partial charge is 0.296 e. The molecule has 4 rings (SSSR count). The minimum absolute atomic E-state index is 0.0429. The second kappa shape index (κ2) is 8.99. The zero-order chi connectivity index (χ0) is 24.5. The molecule has 0 spiro atoms. The van der Waals surface area contributed by atoms with E-state index in [9.17, 15) is 18.0 Å². The number of benzene rings is 2. The maximum atomic E-state index is 13.0. The Morgan fingerprint density at radius 1 is 0.941 bits per heavy atom. The number of hydrogen-bond acceptors (Lipinski definition) is 5. The van der Waals surface area contributed by atoms with Crippen molar-refractivity contribution in [2.45, 2.75) is 18.7 Å². The first-order valence-corrected chi connectivity index (χ1v) is 11.9. The van der Waals surface area contributed by atoms with Crippen molar-refractivity contribution in [2.24, 2.45) is 7.05 Å². The molecule has 0 saturated heterocycles. The van der Waals surface area contributed by atoms with Gasteiger partial charge in [0.25, 0.3) is 21.5 Å². The zero-order valence-electron chi connectivity index (χ0n) is 18.8. The third-order valence-electron chi connectivity index (χ3n) is 5.37. The Bertz CT molecular complexity index is 1500. The number of sulfonamides is 1. The highest BCUT2D eigenvalue weighted by molar-refractivity contribution is 7.92. The largest absolute Gasteiger partial charge is 0.307 e. The SMILES string of the molecule is Cc1ccc(NC(=O)c2ccc(S(=O)(=O)Nc3c(C)n(C)n(-c4ccccc4)c3=O)cc2)nc1. The zero-order valence-corrected chi connectivity index (χ0v) is 19.6. The van der Waals surface area contributed by atoms with Crippen molar-refractivity contribution < 1.29 is 13.2 Å². The molecule has 0 aliphatic rings. The molecule has 0 atom stereocenters. The van der Waals surface area contributed by atoms with Crippen molar-refractivity contribution in [1.29, 1.82) is 0 Å². The number of hydrogen-bond donors (Lipinski definition) is 2. The van der Waals surface area contributed by atoms with Gasteiger partial charge in [-0.3, -0.25) is 19.0 Å². The van der Waals surface area contributed by atoms with E-state index in [1.807, 2.05) is 19.1 Å². The van der Waals surface area contributed by atoms with Gasteiger partial charge in [0.2, 0.25) is 0 Å². The van der Waals surface area contributed by atoms with Crippen LogP contribution in [0.5, 0.6) is 0 Å². The molecular formula is C24H23N5O4S. The fraction of sp³-hybridized carbons (Fsp3) is 0.125. The summed E-state index contributed by atoms with van der Waals surface area (Å²) in [6, 6.07) is 17.9. The van der Waals surface area contributed by atoms with Crippen LogP contribution in [0.2, 0.25) is 0 Å². The van der Waals surface area contributed by atoms with Crippen LogP contribution in [0.15, 0.2) is 82.6 Å². The number of carbonyl (C=O) groups is 1. The first kappa shape index (κ1) is 23.0. The average Bonchev–Trinajstić information content (AvgIpc) is 3.04. The highest BCUT2D eigenvalue weighted by Crippen LogP contribution is 2.19. The molecule has 10 heteroatoms. The Hall–Kier alpha value is -4.18. The Morgan fingerprint density at radius 3 is 2.24 bits per heavy atom. The summed E-state index contributed by atoms with van der Waals surface area (Å²) in [5.74, 6) is -0.0267. The minimum Gasteiger partial charge on any atom is -0.307 e. The molecular weight excluding hydrogens is 454 g/mol. The van der Waals surface area contributed by atoms with E-state index >= 15 is 0 Å². The Balaban J connectivity index is 1.57. The lowest BCUT2D eigenvalue weighted by molar-refractivity contribution is 0.102. The van der Waals surface area contributed by atoms with Crippen molar-refractivity contribution >= 4 is 27.4 Å². The van der Waals surface area contributed by atoms with Crippen LogP contribution >= 0.6 is 0 Å². The second-order valence-corrected chi connectivity index (χ2v) is 9.42. The van der Waals surface area contributed by atoms with E-state index in [0.29, 0.717) is 17.2 Å². The van der Waals surface area contributed by atoms with E-state index in [2.05, 4.69) is 15.0 Å². The predicted molar refractivity (Wildman–Crippen MR) is 130 cm³/mol. The molecule has 2 N–H and O–H groups in total. The molecule has 0 unspecified atom stereocenters. The van der Waals surface area contributed by atoms with Crippen LogP contribution in [-0.2, 0) is 17.1 Å². The fourth-order valence-corrected chi connectivity index (χ4v) is 4.51. The number of para-hydroxylation sites is 1.